The largest absolute Gasteiger partial charge is 0.496 e. The molecule has 0 N–H and O–H groups in total. The number of hydrogen-bond acceptors (Lipinski definition) is 4. The molecular weight excluding hydrogens is 304 g/mol. The van der Waals surface area contributed by atoms with Crippen LogP contribution in [0.2, 0.25) is 0 Å². The van der Waals surface area contributed by atoms with E-state index in [9.17, 15) is 9.59 Å². The Kier molecular flexibility index (Phi) is 6.13. The molecule has 0 aromatic heterocycles. The second-order valence-corrected chi connectivity index (χ2v) is 5.33. The van der Waals surface area contributed by atoms with E-state index < -0.39 is 5.92 Å². The number of Topliss-reactive ketones (excluding diaryl/α,β-unsaturated/α-hetero) is 2. The lowest BCUT2D eigenvalue weighted by Crippen LogP contribution is -2.25. The molecule has 4 heteroatoms. The first-order chi connectivity index (χ1) is 11.6. The SMILES string of the molecule is C[CH]CC(C(=O)c1ccccc1OC)C(=O)c1ccccc1OC. The zero-order valence-electron chi connectivity index (χ0n) is 14.1. The fraction of sp³-hybridized carbons (Fsp3) is 0.250. The first-order valence-corrected chi connectivity index (χ1v) is 7.76. The summed E-state index contributed by atoms with van der Waals surface area (Å²) in [5.41, 5.74) is 0.824. The lowest BCUT2D eigenvalue weighted by Gasteiger charge is -2.17. The molecule has 0 fully saturated rings. The van der Waals surface area contributed by atoms with Gasteiger partial charge in [-0.1, -0.05) is 31.2 Å². The number of hydrogen-bond donors (Lipinski definition) is 0. The van der Waals surface area contributed by atoms with Gasteiger partial charge in [-0.25, -0.2) is 0 Å². The Morgan fingerprint density at radius 2 is 1.29 bits per heavy atom. The van der Waals surface area contributed by atoms with E-state index in [4.69, 9.17) is 9.47 Å². The van der Waals surface area contributed by atoms with Gasteiger partial charge in [0.05, 0.1) is 31.3 Å². The molecule has 0 saturated heterocycles. The van der Waals surface area contributed by atoms with Crippen LogP contribution in [0.25, 0.3) is 0 Å². The Morgan fingerprint density at radius 3 is 1.67 bits per heavy atom. The van der Waals surface area contributed by atoms with Gasteiger partial charge in [-0.3, -0.25) is 9.59 Å². The standard InChI is InChI=1S/C20H21O4/c1-4-9-16(19(21)14-10-5-7-12-17(14)23-2)20(22)15-11-6-8-13-18(15)24-3/h4-8,10-13,16H,9H2,1-3H3. The number of ether oxygens (including phenoxy) is 2. The van der Waals surface area contributed by atoms with Gasteiger partial charge in [0.1, 0.15) is 11.5 Å². The van der Waals surface area contributed by atoms with E-state index in [-0.39, 0.29) is 11.6 Å². The van der Waals surface area contributed by atoms with Crippen molar-refractivity contribution in [1.82, 2.24) is 0 Å². The lowest BCUT2D eigenvalue weighted by atomic mass is 9.86. The Balaban J connectivity index is 2.41. The minimum atomic E-state index is -0.803. The van der Waals surface area contributed by atoms with Gasteiger partial charge in [0.25, 0.3) is 0 Å². The summed E-state index contributed by atoms with van der Waals surface area (Å²) in [7, 11) is 3.02. The Bertz CT molecular complexity index is 662. The van der Waals surface area contributed by atoms with Crippen LogP contribution in [0.15, 0.2) is 48.5 Å². The van der Waals surface area contributed by atoms with Gasteiger partial charge < -0.3 is 9.47 Å². The van der Waals surface area contributed by atoms with Crippen LogP contribution in [0.4, 0.5) is 0 Å². The molecule has 2 rings (SSSR count). The Morgan fingerprint density at radius 1 is 0.875 bits per heavy atom. The van der Waals surface area contributed by atoms with Crippen molar-refractivity contribution in [3.63, 3.8) is 0 Å². The van der Waals surface area contributed by atoms with Crippen LogP contribution in [0.1, 0.15) is 34.1 Å². The van der Waals surface area contributed by atoms with Gasteiger partial charge in [0.2, 0.25) is 0 Å². The van der Waals surface area contributed by atoms with Gasteiger partial charge in [-0.15, -0.1) is 0 Å². The summed E-state index contributed by atoms with van der Waals surface area (Å²) in [5, 5.41) is 0. The predicted octanol–water partition coefficient (Wildman–Crippen LogP) is 4.00. The van der Waals surface area contributed by atoms with Crippen LogP contribution < -0.4 is 9.47 Å². The molecular formula is C20H21O4. The Labute approximate surface area is 142 Å². The van der Waals surface area contributed by atoms with Crippen LogP contribution in [0.5, 0.6) is 11.5 Å². The molecule has 125 valence electrons. The van der Waals surface area contributed by atoms with Crippen molar-refractivity contribution in [2.45, 2.75) is 13.3 Å². The molecule has 0 atom stereocenters. The van der Waals surface area contributed by atoms with Crippen molar-refractivity contribution in [3.05, 3.63) is 66.1 Å². The highest BCUT2D eigenvalue weighted by Crippen LogP contribution is 2.28. The minimum absolute atomic E-state index is 0.249. The molecule has 0 unspecified atom stereocenters. The zero-order chi connectivity index (χ0) is 17.5. The van der Waals surface area contributed by atoms with Crippen molar-refractivity contribution >= 4 is 11.6 Å². The summed E-state index contributed by atoms with van der Waals surface area (Å²) < 4.78 is 10.5. The second kappa shape index (κ2) is 8.29. The summed E-state index contributed by atoms with van der Waals surface area (Å²) in [4.78, 5) is 25.9. The molecule has 4 nitrogen and oxygen atoms in total. The summed E-state index contributed by atoms with van der Waals surface area (Å²) in [5.74, 6) is -0.363. The van der Waals surface area contributed by atoms with E-state index >= 15 is 0 Å². The molecule has 0 heterocycles. The number of carbonyl (C=O) groups excluding carboxylic acids is 2. The Hall–Kier alpha value is -2.62. The summed E-state index contributed by atoms with van der Waals surface area (Å²) >= 11 is 0. The van der Waals surface area contributed by atoms with Gasteiger partial charge >= 0.3 is 0 Å². The van der Waals surface area contributed by atoms with E-state index in [2.05, 4.69) is 0 Å². The van der Waals surface area contributed by atoms with E-state index in [0.29, 0.717) is 29.0 Å². The molecule has 24 heavy (non-hydrogen) atoms. The van der Waals surface area contributed by atoms with Crippen LogP contribution in [-0.4, -0.2) is 25.8 Å². The maximum absolute atomic E-state index is 13.0. The number of benzene rings is 2. The van der Waals surface area contributed by atoms with Crippen LogP contribution in [0.3, 0.4) is 0 Å². The van der Waals surface area contributed by atoms with Gasteiger partial charge in [-0.05, 0) is 37.1 Å². The number of ketones is 2. The molecule has 2 aromatic rings. The van der Waals surface area contributed by atoms with E-state index in [1.165, 1.54) is 14.2 Å². The topological polar surface area (TPSA) is 52.6 Å². The first kappa shape index (κ1) is 17.7. The van der Waals surface area contributed by atoms with Crippen molar-refractivity contribution < 1.29 is 19.1 Å². The average molecular weight is 325 g/mol. The highest BCUT2D eigenvalue weighted by Gasteiger charge is 2.30. The maximum Gasteiger partial charge on any atom is 0.177 e. The van der Waals surface area contributed by atoms with Crippen molar-refractivity contribution in [2.75, 3.05) is 14.2 Å². The highest BCUT2D eigenvalue weighted by molar-refractivity contribution is 6.17. The predicted molar refractivity (Wildman–Crippen MR) is 92.7 cm³/mol. The first-order valence-electron chi connectivity index (χ1n) is 7.76. The lowest BCUT2D eigenvalue weighted by molar-refractivity contribution is 0.0803. The number of methoxy groups -OCH3 is 2. The normalized spacial score (nSPS) is 10.5. The third-order valence-corrected chi connectivity index (χ3v) is 3.85. The number of para-hydroxylation sites is 2. The fourth-order valence-electron chi connectivity index (χ4n) is 2.64. The molecule has 0 saturated carbocycles. The number of rotatable bonds is 8. The second-order valence-electron chi connectivity index (χ2n) is 5.33. The van der Waals surface area contributed by atoms with Crippen molar-refractivity contribution in [2.24, 2.45) is 5.92 Å². The average Bonchev–Trinajstić information content (AvgIpc) is 2.64. The van der Waals surface area contributed by atoms with Crippen molar-refractivity contribution in [3.8, 4) is 11.5 Å². The van der Waals surface area contributed by atoms with Crippen LogP contribution in [0, 0.1) is 12.3 Å². The van der Waals surface area contributed by atoms with Gasteiger partial charge in [0, 0.05) is 0 Å². The molecule has 0 amide bonds. The molecule has 2 aromatic carbocycles. The fourth-order valence-corrected chi connectivity index (χ4v) is 2.64. The number of carbonyl (C=O) groups is 2. The monoisotopic (exact) mass is 325 g/mol. The molecule has 0 aliphatic heterocycles. The van der Waals surface area contributed by atoms with Crippen molar-refractivity contribution in [1.29, 1.82) is 0 Å². The van der Waals surface area contributed by atoms with Gasteiger partial charge in [0.15, 0.2) is 11.6 Å². The summed E-state index contributed by atoms with van der Waals surface area (Å²) in [6.07, 6.45) is 2.18. The third kappa shape index (κ3) is 3.65. The minimum Gasteiger partial charge on any atom is -0.496 e. The zero-order valence-corrected chi connectivity index (χ0v) is 14.1. The maximum atomic E-state index is 13.0. The summed E-state index contributed by atoms with van der Waals surface area (Å²) in [6, 6.07) is 13.9. The van der Waals surface area contributed by atoms with E-state index in [1.807, 2.05) is 13.3 Å². The van der Waals surface area contributed by atoms with E-state index in [1.54, 1.807) is 48.5 Å². The summed E-state index contributed by atoms with van der Waals surface area (Å²) in [6.45, 7) is 1.83. The molecule has 0 aliphatic carbocycles. The molecule has 0 spiro atoms. The quantitative estimate of drug-likeness (QED) is 0.544. The molecule has 0 aliphatic rings. The molecule has 0 bridgehead atoms. The highest BCUT2D eigenvalue weighted by atomic mass is 16.5. The van der Waals surface area contributed by atoms with Crippen LogP contribution in [-0.2, 0) is 0 Å². The van der Waals surface area contributed by atoms with Crippen LogP contribution >= 0.6 is 0 Å². The van der Waals surface area contributed by atoms with E-state index in [0.717, 1.165) is 0 Å². The van der Waals surface area contributed by atoms with Gasteiger partial charge in [-0.2, -0.15) is 0 Å². The molecule has 1 radical (unpaired) electrons. The smallest absolute Gasteiger partial charge is 0.177 e. The third-order valence-electron chi connectivity index (χ3n) is 3.85.